The SMILES string of the molecule is O=[N+]([O-])c1ccc2nc(-c3ccc(Br)[nH]3)c(-c3ccc(Br)[nH]3)nc2c1. The van der Waals surface area contributed by atoms with E-state index in [9.17, 15) is 10.1 Å². The molecule has 2 N–H and O–H groups in total. The smallest absolute Gasteiger partial charge is 0.271 e. The number of nitrogens with one attached hydrogen (secondary N) is 2. The minimum atomic E-state index is -0.442. The minimum Gasteiger partial charge on any atom is -0.348 e. The summed E-state index contributed by atoms with van der Waals surface area (Å²) in [5.41, 5.74) is 3.84. The molecule has 4 aromatic rings. The second-order valence-corrected chi connectivity index (χ2v) is 7.00. The Bertz CT molecular complexity index is 1120. The number of nitro benzene ring substituents is 1. The Morgan fingerprint density at radius 3 is 1.88 bits per heavy atom. The highest BCUT2D eigenvalue weighted by atomic mass is 79.9. The molecule has 9 heteroatoms. The van der Waals surface area contributed by atoms with Gasteiger partial charge in [0.15, 0.2) is 0 Å². The van der Waals surface area contributed by atoms with Crippen molar-refractivity contribution in [1.82, 2.24) is 19.9 Å². The third-order valence-corrected chi connectivity index (χ3v) is 4.59. The molecule has 0 saturated carbocycles. The maximum Gasteiger partial charge on any atom is 0.271 e. The van der Waals surface area contributed by atoms with Crippen LogP contribution in [0.25, 0.3) is 33.8 Å². The predicted molar refractivity (Wildman–Crippen MR) is 101 cm³/mol. The lowest BCUT2D eigenvalue weighted by Gasteiger charge is -2.08. The molecule has 0 fully saturated rings. The van der Waals surface area contributed by atoms with E-state index in [-0.39, 0.29) is 5.69 Å². The average molecular weight is 463 g/mol. The number of hydrogen-bond donors (Lipinski definition) is 2. The van der Waals surface area contributed by atoms with E-state index in [2.05, 4.69) is 51.8 Å². The Labute approximate surface area is 157 Å². The van der Waals surface area contributed by atoms with Gasteiger partial charge in [0.2, 0.25) is 0 Å². The summed E-state index contributed by atoms with van der Waals surface area (Å²) in [7, 11) is 0. The standard InChI is InChI=1S/C16H9Br2N5O2/c17-13-5-3-10(19-13)15-16(11-4-6-14(18)20-11)22-12-7-8(23(24)25)1-2-9(12)21-15/h1-7,19-20H. The van der Waals surface area contributed by atoms with Crippen LogP contribution in [0.3, 0.4) is 0 Å². The lowest BCUT2D eigenvalue weighted by Crippen LogP contribution is -1.97. The molecule has 3 aromatic heterocycles. The summed E-state index contributed by atoms with van der Waals surface area (Å²) in [6.07, 6.45) is 0. The van der Waals surface area contributed by atoms with Crippen LogP contribution in [0.15, 0.2) is 51.7 Å². The molecule has 0 aliphatic rings. The quantitative estimate of drug-likeness (QED) is 0.328. The number of halogens is 2. The molecule has 0 unspecified atom stereocenters. The van der Waals surface area contributed by atoms with Gasteiger partial charge in [0.05, 0.1) is 36.6 Å². The zero-order valence-electron chi connectivity index (χ0n) is 12.5. The highest BCUT2D eigenvalue weighted by Crippen LogP contribution is 2.32. The van der Waals surface area contributed by atoms with Crippen LogP contribution < -0.4 is 0 Å². The van der Waals surface area contributed by atoms with Gasteiger partial charge in [-0.2, -0.15) is 0 Å². The van der Waals surface area contributed by atoms with Crippen molar-refractivity contribution < 1.29 is 4.92 Å². The van der Waals surface area contributed by atoms with Crippen molar-refractivity contribution in [3.05, 3.63) is 61.8 Å². The van der Waals surface area contributed by atoms with Crippen LogP contribution in [0.5, 0.6) is 0 Å². The molecule has 3 heterocycles. The zero-order chi connectivity index (χ0) is 17.6. The van der Waals surface area contributed by atoms with Crippen LogP contribution in [0, 0.1) is 10.1 Å². The molecule has 0 bridgehead atoms. The van der Waals surface area contributed by atoms with Gasteiger partial charge in [0, 0.05) is 12.1 Å². The van der Waals surface area contributed by atoms with Crippen molar-refractivity contribution >= 4 is 48.6 Å². The lowest BCUT2D eigenvalue weighted by atomic mass is 10.1. The summed E-state index contributed by atoms with van der Waals surface area (Å²) in [4.78, 5) is 26.2. The maximum absolute atomic E-state index is 11.0. The van der Waals surface area contributed by atoms with Crippen LogP contribution in [0.1, 0.15) is 0 Å². The molecule has 0 spiro atoms. The molecular weight excluding hydrogens is 454 g/mol. The highest BCUT2D eigenvalue weighted by Gasteiger charge is 2.17. The first-order valence-corrected chi connectivity index (χ1v) is 8.76. The first-order chi connectivity index (χ1) is 12.0. The largest absolute Gasteiger partial charge is 0.348 e. The van der Waals surface area contributed by atoms with E-state index in [0.717, 1.165) is 20.6 Å². The second kappa shape index (κ2) is 6.08. The molecule has 0 aliphatic heterocycles. The van der Waals surface area contributed by atoms with E-state index < -0.39 is 4.92 Å². The fourth-order valence-corrected chi connectivity index (χ4v) is 3.24. The van der Waals surface area contributed by atoms with Crippen LogP contribution >= 0.6 is 31.9 Å². The normalized spacial score (nSPS) is 11.1. The fraction of sp³-hybridized carbons (Fsp3) is 0. The van der Waals surface area contributed by atoms with Crippen molar-refractivity contribution in [2.75, 3.05) is 0 Å². The molecule has 25 heavy (non-hydrogen) atoms. The molecule has 4 rings (SSSR count). The van der Waals surface area contributed by atoms with E-state index >= 15 is 0 Å². The number of rotatable bonds is 3. The third kappa shape index (κ3) is 2.96. The lowest BCUT2D eigenvalue weighted by molar-refractivity contribution is -0.384. The number of nitro groups is 1. The topological polar surface area (TPSA) is 100 Å². The fourth-order valence-electron chi connectivity index (χ4n) is 2.55. The van der Waals surface area contributed by atoms with Gasteiger partial charge < -0.3 is 9.97 Å². The number of nitrogens with zero attached hydrogens (tertiary/aromatic N) is 3. The molecule has 0 aliphatic carbocycles. The number of fused-ring (bicyclic) bond motifs is 1. The van der Waals surface area contributed by atoms with E-state index in [4.69, 9.17) is 0 Å². The Kier molecular flexibility index (Phi) is 3.89. The van der Waals surface area contributed by atoms with Gasteiger partial charge in [0.25, 0.3) is 5.69 Å². The van der Waals surface area contributed by atoms with Gasteiger partial charge in [-0.15, -0.1) is 0 Å². The molecular formula is C16H9Br2N5O2. The highest BCUT2D eigenvalue weighted by molar-refractivity contribution is 9.10. The Morgan fingerprint density at radius 2 is 1.40 bits per heavy atom. The number of aromatic amines is 2. The summed E-state index contributed by atoms with van der Waals surface area (Å²) in [6.45, 7) is 0. The molecule has 0 atom stereocenters. The summed E-state index contributed by atoms with van der Waals surface area (Å²) in [5, 5.41) is 11.0. The molecule has 0 radical (unpaired) electrons. The Hall–Kier alpha value is -2.52. The Balaban J connectivity index is 2.01. The van der Waals surface area contributed by atoms with Gasteiger partial charge in [-0.25, -0.2) is 9.97 Å². The van der Waals surface area contributed by atoms with Crippen LogP contribution in [-0.4, -0.2) is 24.9 Å². The first-order valence-electron chi connectivity index (χ1n) is 7.17. The molecule has 124 valence electrons. The van der Waals surface area contributed by atoms with E-state index in [1.165, 1.54) is 12.1 Å². The van der Waals surface area contributed by atoms with Crippen LogP contribution in [0.2, 0.25) is 0 Å². The van der Waals surface area contributed by atoms with Gasteiger partial charge in [-0.05, 0) is 62.2 Å². The summed E-state index contributed by atoms with van der Waals surface area (Å²) in [5.74, 6) is 0. The van der Waals surface area contributed by atoms with Gasteiger partial charge in [-0.3, -0.25) is 10.1 Å². The van der Waals surface area contributed by atoms with E-state index in [1.54, 1.807) is 6.07 Å². The number of hydrogen-bond acceptors (Lipinski definition) is 4. The zero-order valence-corrected chi connectivity index (χ0v) is 15.6. The van der Waals surface area contributed by atoms with Crippen LogP contribution in [0.4, 0.5) is 5.69 Å². The van der Waals surface area contributed by atoms with Crippen molar-refractivity contribution in [2.24, 2.45) is 0 Å². The van der Waals surface area contributed by atoms with E-state index in [0.29, 0.717) is 22.4 Å². The van der Waals surface area contributed by atoms with Crippen molar-refractivity contribution in [2.45, 2.75) is 0 Å². The summed E-state index contributed by atoms with van der Waals surface area (Å²) in [6, 6.07) is 12.0. The number of H-pyrrole nitrogens is 2. The molecule has 0 amide bonds. The van der Waals surface area contributed by atoms with Crippen molar-refractivity contribution in [1.29, 1.82) is 0 Å². The maximum atomic E-state index is 11.0. The second-order valence-electron chi connectivity index (χ2n) is 5.29. The monoisotopic (exact) mass is 461 g/mol. The van der Waals surface area contributed by atoms with Crippen molar-refractivity contribution in [3.8, 4) is 22.8 Å². The number of benzene rings is 1. The number of aromatic nitrogens is 4. The average Bonchev–Trinajstić information content (AvgIpc) is 3.21. The molecule has 7 nitrogen and oxygen atoms in total. The summed E-state index contributed by atoms with van der Waals surface area (Å²) >= 11 is 6.78. The predicted octanol–water partition coefficient (Wildman–Crippen LogP) is 5.05. The first kappa shape index (κ1) is 16.0. The van der Waals surface area contributed by atoms with Crippen molar-refractivity contribution in [3.63, 3.8) is 0 Å². The third-order valence-electron chi connectivity index (χ3n) is 3.67. The summed E-state index contributed by atoms with van der Waals surface area (Å²) < 4.78 is 1.63. The number of non-ortho nitro benzene ring substituents is 1. The van der Waals surface area contributed by atoms with Gasteiger partial charge >= 0.3 is 0 Å². The molecule has 1 aromatic carbocycles. The van der Waals surface area contributed by atoms with Crippen LogP contribution in [-0.2, 0) is 0 Å². The minimum absolute atomic E-state index is 0.0178. The Morgan fingerprint density at radius 1 is 0.840 bits per heavy atom. The van der Waals surface area contributed by atoms with Gasteiger partial charge in [-0.1, -0.05) is 0 Å². The van der Waals surface area contributed by atoms with E-state index in [1.807, 2.05) is 24.3 Å². The van der Waals surface area contributed by atoms with Gasteiger partial charge in [0.1, 0.15) is 11.4 Å². The molecule has 0 saturated heterocycles.